The van der Waals surface area contributed by atoms with Gasteiger partial charge in [-0.1, -0.05) is 24.3 Å². The molecule has 0 aliphatic rings. The summed E-state index contributed by atoms with van der Waals surface area (Å²) in [7, 11) is 0. The molecule has 2 nitrogen and oxygen atoms in total. The summed E-state index contributed by atoms with van der Waals surface area (Å²) in [4.78, 5) is 6.62. The zero-order chi connectivity index (χ0) is 12.2. The summed E-state index contributed by atoms with van der Waals surface area (Å²) in [5.41, 5.74) is 0. The molecule has 0 aliphatic carbocycles. The zero-order valence-electron chi connectivity index (χ0n) is 9.58. The fourth-order valence-electron chi connectivity index (χ4n) is 1.56. The molecule has 0 radical (unpaired) electrons. The van der Waals surface area contributed by atoms with Gasteiger partial charge in [0.05, 0.1) is 16.8 Å². The van der Waals surface area contributed by atoms with E-state index in [-0.39, 0.29) is 0 Å². The summed E-state index contributed by atoms with van der Waals surface area (Å²) in [5, 5.41) is 2.03. The van der Waals surface area contributed by atoms with Crippen LogP contribution < -0.4 is 0 Å². The summed E-state index contributed by atoms with van der Waals surface area (Å²) in [6.07, 6.45) is 1.81. The van der Waals surface area contributed by atoms with Gasteiger partial charge in [0.15, 0.2) is 0 Å². The Kier molecular flexibility index (Phi) is 3.48. The summed E-state index contributed by atoms with van der Waals surface area (Å²) in [6.45, 7) is 0. The Hall–Kier alpha value is -1.52. The zero-order valence-corrected chi connectivity index (χ0v) is 11.2. The van der Waals surface area contributed by atoms with Crippen molar-refractivity contribution in [3.05, 3.63) is 59.8 Å². The van der Waals surface area contributed by atoms with E-state index in [0.717, 1.165) is 16.4 Å². The number of benzene rings is 1. The van der Waals surface area contributed by atoms with Gasteiger partial charge in [0.2, 0.25) is 5.89 Å². The molecule has 0 saturated carbocycles. The molecule has 0 atom stereocenters. The molecule has 2 heterocycles. The van der Waals surface area contributed by atoms with Crippen molar-refractivity contribution in [1.82, 2.24) is 4.98 Å². The number of thiophene rings is 1. The molecular formula is C14H11NOS2. The highest BCUT2D eigenvalue weighted by atomic mass is 32.2. The molecule has 0 saturated heterocycles. The van der Waals surface area contributed by atoms with Crippen molar-refractivity contribution >= 4 is 23.1 Å². The van der Waals surface area contributed by atoms with Gasteiger partial charge in [0.1, 0.15) is 5.76 Å². The van der Waals surface area contributed by atoms with Crippen LogP contribution in [-0.2, 0) is 5.75 Å². The fourth-order valence-corrected chi connectivity index (χ4v) is 3.01. The predicted molar refractivity (Wildman–Crippen MR) is 75.8 cm³/mol. The molecule has 0 bridgehead atoms. The van der Waals surface area contributed by atoms with Crippen LogP contribution in [0.5, 0.6) is 0 Å². The van der Waals surface area contributed by atoms with Gasteiger partial charge in [0, 0.05) is 4.90 Å². The highest BCUT2D eigenvalue weighted by Crippen LogP contribution is 2.27. The lowest BCUT2D eigenvalue weighted by atomic mass is 10.4. The number of nitrogens with zero attached hydrogens (tertiary/aromatic N) is 1. The maximum Gasteiger partial charge on any atom is 0.236 e. The third-order valence-electron chi connectivity index (χ3n) is 2.41. The second kappa shape index (κ2) is 5.42. The third kappa shape index (κ3) is 2.66. The highest BCUT2D eigenvalue weighted by Gasteiger charge is 2.07. The summed E-state index contributed by atoms with van der Waals surface area (Å²) in [6, 6.07) is 14.3. The van der Waals surface area contributed by atoms with Crippen LogP contribution in [0.15, 0.2) is 63.4 Å². The Morgan fingerprint density at radius 1 is 1.11 bits per heavy atom. The molecule has 4 heteroatoms. The largest absolute Gasteiger partial charge is 0.440 e. The van der Waals surface area contributed by atoms with E-state index in [1.54, 1.807) is 23.1 Å². The molecule has 3 aromatic rings. The molecule has 0 fully saturated rings. The van der Waals surface area contributed by atoms with Gasteiger partial charge in [-0.3, -0.25) is 0 Å². The quantitative estimate of drug-likeness (QED) is 0.645. The standard InChI is InChI=1S/C14H11NOS2/c1-2-5-12(6-3-1)18-10-11-9-15-14(16-11)13-7-4-8-17-13/h1-9H,10H2. The first-order valence-corrected chi connectivity index (χ1v) is 7.45. The van der Waals surface area contributed by atoms with Crippen LogP contribution in [0, 0.1) is 0 Å². The van der Waals surface area contributed by atoms with Crippen molar-refractivity contribution in [3.8, 4) is 10.8 Å². The molecule has 0 aliphatic heterocycles. The lowest BCUT2D eigenvalue weighted by Gasteiger charge is -1.97. The van der Waals surface area contributed by atoms with Gasteiger partial charge in [-0.2, -0.15) is 0 Å². The van der Waals surface area contributed by atoms with Gasteiger partial charge in [-0.05, 0) is 23.6 Å². The van der Waals surface area contributed by atoms with Crippen LogP contribution in [0.25, 0.3) is 10.8 Å². The van der Waals surface area contributed by atoms with Crippen molar-refractivity contribution < 1.29 is 4.42 Å². The van der Waals surface area contributed by atoms with Gasteiger partial charge >= 0.3 is 0 Å². The Morgan fingerprint density at radius 3 is 2.78 bits per heavy atom. The number of hydrogen-bond acceptors (Lipinski definition) is 4. The van der Waals surface area contributed by atoms with Crippen molar-refractivity contribution in [2.45, 2.75) is 10.6 Å². The fraction of sp³-hybridized carbons (Fsp3) is 0.0714. The van der Waals surface area contributed by atoms with E-state index >= 15 is 0 Å². The number of oxazole rings is 1. The average molecular weight is 273 g/mol. The Morgan fingerprint density at radius 2 is 2.00 bits per heavy atom. The molecule has 18 heavy (non-hydrogen) atoms. The van der Waals surface area contributed by atoms with Crippen molar-refractivity contribution in [2.75, 3.05) is 0 Å². The Bertz CT molecular complexity index is 602. The van der Waals surface area contributed by atoms with Gasteiger partial charge in [0.25, 0.3) is 0 Å². The van der Waals surface area contributed by atoms with E-state index in [1.165, 1.54) is 4.90 Å². The van der Waals surface area contributed by atoms with Crippen LogP contribution in [0.1, 0.15) is 5.76 Å². The highest BCUT2D eigenvalue weighted by molar-refractivity contribution is 7.98. The number of rotatable bonds is 4. The van der Waals surface area contributed by atoms with E-state index in [1.807, 2.05) is 41.9 Å². The molecule has 90 valence electrons. The van der Waals surface area contributed by atoms with Crippen LogP contribution in [-0.4, -0.2) is 4.98 Å². The van der Waals surface area contributed by atoms with E-state index in [9.17, 15) is 0 Å². The first-order chi connectivity index (χ1) is 8.92. The molecule has 0 spiro atoms. The molecular weight excluding hydrogens is 262 g/mol. The van der Waals surface area contributed by atoms with Crippen molar-refractivity contribution in [1.29, 1.82) is 0 Å². The minimum atomic E-state index is 0.716. The SMILES string of the molecule is c1ccc(SCc2cnc(-c3cccs3)o2)cc1. The summed E-state index contributed by atoms with van der Waals surface area (Å²) >= 11 is 3.39. The monoisotopic (exact) mass is 273 g/mol. The second-order valence-electron chi connectivity index (χ2n) is 3.71. The first kappa shape index (κ1) is 11.6. The summed E-state index contributed by atoms with van der Waals surface area (Å²) < 4.78 is 5.73. The number of thioether (sulfide) groups is 1. The second-order valence-corrected chi connectivity index (χ2v) is 5.71. The lowest BCUT2D eigenvalue weighted by Crippen LogP contribution is -1.75. The number of aromatic nitrogens is 1. The molecule has 2 aromatic heterocycles. The maximum absolute atomic E-state index is 5.73. The van der Waals surface area contributed by atoms with Crippen LogP contribution in [0.4, 0.5) is 0 Å². The van der Waals surface area contributed by atoms with Crippen molar-refractivity contribution in [2.24, 2.45) is 0 Å². The Balaban J connectivity index is 1.68. The smallest absolute Gasteiger partial charge is 0.236 e. The topological polar surface area (TPSA) is 26.0 Å². The Labute approximate surface area is 114 Å². The van der Waals surface area contributed by atoms with Crippen LogP contribution in [0.2, 0.25) is 0 Å². The molecule has 3 rings (SSSR count). The predicted octanol–water partition coefficient (Wildman–Crippen LogP) is 4.70. The van der Waals surface area contributed by atoms with Gasteiger partial charge in [-0.25, -0.2) is 4.98 Å². The van der Waals surface area contributed by atoms with Crippen LogP contribution >= 0.6 is 23.1 Å². The minimum Gasteiger partial charge on any atom is -0.440 e. The molecule has 0 unspecified atom stereocenters. The van der Waals surface area contributed by atoms with E-state index in [2.05, 4.69) is 17.1 Å². The molecule has 1 aromatic carbocycles. The van der Waals surface area contributed by atoms with Gasteiger partial charge < -0.3 is 4.42 Å². The molecule has 0 N–H and O–H groups in total. The van der Waals surface area contributed by atoms with E-state index in [0.29, 0.717) is 5.89 Å². The molecule has 0 amide bonds. The lowest BCUT2D eigenvalue weighted by molar-refractivity contribution is 0.540. The first-order valence-electron chi connectivity index (χ1n) is 5.58. The number of hydrogen-bond donors (Lipinski definition) is 0. The van der Waals surface area contributed by atoms with Crippen molar-refractivity contribution in [3.63, 3.8) is 0 Å². The summed E-state index contributed by atoms with van der Waals surface area (Å²) in [5.74, 6) is 2.43. The maximum atomic E-state index is 5.73. The van der Waals surface area contributed by atoms with Gasteiger partial charge in [-0.15, -0.1) is 23.1 Å². The average Bonchev–Trinajstić information content (AvgIpc) is 3.08. The minimum absolute atomic E-state index is 0.716. The van der Waals surface area contributed by atoms with Crippen LogP contribution in [0.3, 0.4) is 0 Å². The van der Waals surface area contributed by atoms with E-state index < -0.39 is 0 Å². The normalized spacial score (nSPS) is 10.7. The van der Waals surface area contributed by atoms with E-state index in [4.69, 9.17) is 4.42 Å². The third-order valence-corrected chi connectivity index (χ3v) is 4.30.